The Labute approximate surface area is 172 Å². The number of fused-ring (bicyclic) bond motifs is 3. The second-order valence-corrected chi connectivity index (χ2v) is 15.3. The van der Waals surface area contributed by atoms with E-state index < -0.39 is 8.07 Å². The fraction of sp³-hybridized carbons (Fsp3) is 0.320. The molecule has 0 spiro atoms. The van der Waals surface area contributed by atoms with Crippen molar-refractivity contribution in [1.29, 1.82) is 0 Å². The summed E-state index contributed by atoms with van der Waals surface area (Å²) in [5, 5.41) is 4.45. The highest BCUT2D eigenvalue weighted by Gasteiger charge is 2.24. The number of hydrogen-bond acceptors (Lipinski definition) is 2. The summed E-state index contributed by atoms with van der Waals surface area (Å²) in [4.78, 5) is 4.81. The molecule has 0 aliphatic heterocycles. The summed E-state index contributed by atoms with van der Waals surface area (Å²) in [7, 11) is -1.45. The summed E-state index contributed by atoms with van der Waals surface area (Å²) in [6, 6.07) is 18.2. The maximum absolute atomic E-state index is 4.81. The van der Waals surface area contributed by atoms with Crippen LogP contribution in [0.25, 0.3) is 31.4 Å². The predicted molar refractivity (Wildman–Crippen MR) is 127 cm³/mol. The van der Waals surface area contributed by atoms with E-state index in [1.165, 1.54) is 57.0 Å². The standard InChI is InChI=1S/C25H27NSSi/c1-28(2,3)23-13-12-19(25-24(23)20-10-6-7-11-22(20)27-25)21-16-18(14-15-26-21)17-8-4-5-9-17/h6-7,10-17H,4-5,8-9H2,1-3H3. The summed E-state index contributed by atoms with van der Waals surface area (Å²) in [6.45, 7) is 7.35. The average molecular weight is 402 g/mol. The van der Waals surface area contributed by atoms with Gasteiger partial charge in [-0.15, -0.1) is 11.3 Å². The van der Waals surface area contributed by atoms with E-state index >= 15 is 0 Å². The second kappa shape index (κ2) is 6.82. The summed E-state index contributed by atoms with van der Waals surface area (Å²) in [5.74, 6) is 0.723. The molecule has 1 nitrogen and oxygen atoms in total. The van der Waals surface area contributed by atoms with Crippen molar-refractivity contribution < 1.29 is 0 Å². The lowest BCUT2D eigenvalue weighted by Crippen LogP contribution is -2.37. The van der Waals surface area contributed by atoms with E-state index in [2.05, 4.69) is 68.2 Å². The molecule has 5 rings (SSSR count). The fourth-order valence-electron chi connectivity index (χ4n) is 4.76. The van der Waals surface area contributed by atoms with E-state index in [4.69, 9.17) is 4.98 Å². The number of nitrogens with zero attached hydrogens (tertiary/aromatic N) is 1. The predicted octanol–water partition coefficient (Wildman–Crippen LogP) is 7.32. The van der Waals surface area contributed by atoms with Crippen molar-refractivity contribution in [1.82, 2.24) is 4.98 Å². The van der Waals surface area contributed by atoms with E-state index in [1.807, 2.05) is 17.5 Å². The highest BCUT2D eigenvalue weighted by molar-refractivity contribution is 7.26. The van der Waals surface area contributed by atoms with Gasteiger partial charge in [-0.2, -0.15) is 0 Å². The van der Waals surface area contributed by atoms with Gasteiger partial charge in [0.25, 0.3) is 0 Å². The van der Waals surface area contributed by atoms with Crippen molar-refractivity contribution in [3.05, 3.63) is 60.3 Å². The maximum atomic E-state index is 4.81. The molecule has 0 bridgehead atoms. The van der Waals surface area contributed by atoms with Crippen LogP contribution in [0.3, 0.4) is 0 Å². The van der Waals surface area contributed by atoms with Gasteiger partial charge in [-0.25, -0.2) is 0 Å². The zero-order valence-electron chi connectivity index (χ0n) is 17.0. The van der Waals surface area contributed by atoms with Crippen LogP contribution in [-0.2, 0) is 0 Å². The zero-order chi connectivity index (χ0) is 19.3. The first-order chi connectivity index (χ1) is 13.5. The molecule has 3 heteroatoms. The number of hydrogen-bond donors (Lipinski definition) is 0. The molecular formula is C25H27NSSi. The van der Waals surface area contributed by atoms with Gasteiger partial charge in [-0.3, -0.25) is 4.98 Å². The zero-order valence-corrected chi connectivity index (χ0v) is 18.8. The Balaban J connectivity index is 1.76. The quantitative estimate of drug-likeness (QED) is 0.328. The van der Waals surface area contributed by atoms with Crippen LogP contribution in [0.2, 0.25) is 19.6 Å². The molecule has 0 radical (unpaired) electrons. The number of rotatable bonds is 3. The van der Waals surface area contributed by atoms with Crippen LogP contribution in [-0.4, -0.2) is 13.1 Å². The number of benzene rings is 2. The number of aromatic nitrogens is 1. The largest absolute Gasteiger partial charge is 0.256 e. The third-order valence-electron chi connectivity index (χ3n) is 6.22. The lowest BCUT2D eigenvalue weighted by Gasteiger charge is -2.20. The summed E-state index contributed by atoms with van der Waals surface area (Å²) in [6.07, 6.45) is 7.42. The fourth-order valence-corrected chi connectivity index (χ4v) is 7.70. The van der Waals surface area contributed by atoms with Crippen LogP contribution in [0.15, 0.2) is 54.7 Å². The summed E-state index contributed by atoms with van der Waals surface area (Å²) >= 11 is 1.93. The minimum Gasteiger partial charge on any atom is -0.256 e. The van der Waals surface area contributed by atoms with Crippen LogP contribution >= 0.6 is 11.3 Å². The Hall–Kier alpha value is -1.97. The molecular weight excluding hydrogens is 374 g/mol. The maximum Gasteiger partial charge on any atom is 0.0784 e. The van der Waals surface area contributed by atoms with Crippen LogP contribution in [0.5, 0.6) is 0 Å². The third kappa shape index (κ3) is 3.01. The van der Waals surface area contributed by atoms with Crippen LogP contribution in [0.1, 0.15) is 37.2 Å². The molecule has 2 aromatic heterocycles. The molecule has 1 fully saturated rings. The monoisotopic (exact) mass is 401 g/mol. The van der Waals surface area contributed by atoms with Gasteiger partial charge < -0.3 is 0 Å². The molecule has 142 valence electrons. The molecule has 1 aliphatic carbocycles. The minimum absolute atomic E-state index is 0.723. The Bertz CT molecular complexity index is 1160. The van der Waals surface area contributed by atoms with E-state index in [0.717, 1.165) is 11.6 Å². The van der Waals surface area contributed by atoms with Gasteiger partial charge in [0.15, 0.2) is 0 Å². The van der Waals surface area contributed by atoms with Crippen LogP contribution in [0, 0.1) is 0 Å². The highest BCUT2D eigenvalue weighted by atomic mass is 32.1. The Morgan fingerprint density at radius 3 is 2.54 bits per heavy atom. The highest BCUT2D eigenvalue weighted by Crippen LogP contribution is 2.40. The smallest absolute Gasteiger partial charge is 0.0784 e. The Morgan fingerprint density at radius 1 is 0.964 bits per heavy atom. The molecule has 0 atom stereocenters. The van der Waals surface area contributed by atoms with Crippen molar-refractivity contribution >= 4 is 44.8 Å². The van der Waals surface area contributed by atoms with Gasteiger partial charge in [-0.1, -0.05) is 68.0 Å². The van der Waals surface area contributed by atoms with Gasteiger partial charge in [0.1, 0.15) is 0 Å². The lowest BCUT2D eigenvalue weighted by atomic mass is 9.96. The van der Waals surface area contributed by atoms with E-state index in [-0.39, 0.29) is 0 Å². The molecule has 0 saturated heterocycles. The first-order valence-corrected chi connectivity index (χ1v) is 14.7. The van der Waals surface area contributed by atoms with Crippen LogP contribution in [0.4, 0.5) is 0 Å². The molecule has 0 unspecified atom stereocenters. The molecule has 2 heterocycles. The van der Waals surface area contributed by atoms with Crippen LogP contribution < -0.4 is 5.19 Å². The van der Waals surface area contributed by atoms with Crippen molar-refractivity contribution in [2.24, 2.45) is 0 Å². The minimum atomic E-state index is -1.45. The van der Waals surface area contributed by atoms with Gasteiger partial charge >= 0.3 is 0 Å². The first kappa shape index (κ1) is 18.1. The molecule has 0 N–H and O–H groups in total. The SMILES string of the molecule is C[Si](C)(C)c1ccc(-c2cc(C3CCCC3)ccn2)c2sc3ccccc3c12. The summed E-state index contributed by atoms with van der Waals surface area (Å²) in [5.41, 5.74) is 3.92. The molecule has 1 saturated carbocycles. The molecule has 28 heavy (non-hydrogen) atoms. The number of pyridine rings is 1. The average Bonchev–Trinajstić information content (AvgIpc) is 3.35. The van der Waals surface area contributed by atoms with E-state index in [1.54, 1.807) is 5.19 Å². The van der Waals surface area contributed by atoms with E-state index in [0.29, 0.717) is 0 Å². The molecule has 2 aromatic carbocycles. The summed E-state index contributed by atoms with van der Waals surface area (Å²) < 4.78 is 2.80. The van der Waals surface area contributed by atoms with Gasteiger partial charge in [0.2, 0.25) is 0 Å². The van der Waals surface area contributed by atoms with Crippen molar-refractivity contribution in [2.75, 3.05) is 0 Å². The van der Waals surface area contributed by atoms with Gasteiger partial charge in [0, 0.05) is 31.9 Å². The first-order valence-electron chi connectivity index (χ1n) is 10.4. The Morgan fingerprint density at radius 2 is 1.75 bits per heavy atom. The Kier molecular flexibility index (Phi) is 4.40. The van der Waals surface area contributed by atoms with Crippen molar-refractivity contribution in [3.8, 4) is 11.3 Å². The van der Waals surface area contributed by atoms with E-state index in [9.17, 15) is 0 Å². The second-order valence-electron chi connectivity index (χ2n) is 9.17. The lowest BCUT2D eigenvalue weighted by molar-refractivity contribution is 0.722. The normalized spacial score (nSPS) is 15.7. The molecule has 1 aliphatic rings. The van der Waals surface area contributed by atoms with Gasteiger partial charge in [-0.05, 0) is 42.5 Å². The topological polar surface area (TPSA) is 12.9 Å². The van der Waals surface area contributed by atoms with Crippen molar-refractivity contribution in [2.45, 2.75) is 51.2 Å². The number of thiophene rings is 1. The molecule has 4 aromatic rings. The van der Waals surface area contributed by atoms with Gasteiger partial charge in [0.05, 0.1) is 13.8 Å². The van der Waals surface area contributed by atoms with Crippen molar-refractivity contribution in [3.63, 3.8) is 0 Å². The molecule has 0 amide bonds. The third-order valence-corrected chi connectivity index (χ3v) is 9.46.